The van der Waals surface area contributed by atoms with Gasteiger partial charge in [-0.3, -0.25) is 0 Å². The van der Waals surface area contributed by atoms with E-state index in [-0.39, 0.29) is 51.9 Å². The lowest BCUT2D eigenvalue weighted by Gasteiger charge is -2.38. The van der Waals surface area contributed by atoms with Crippen LogP contribution < -0.4 is 18.9 Å². The molecule has 16 nitrogen and oxygen atoms in total. The maximum atomic E-state index is 15.0. The van der Waals surface area contributed by atoms with Crippen LogP contribution in [0.15, 0.2) is 0 Å². The summed E-state index contributed by atoms with van der Waals surface area (Å²) in [6.07, 6.45) is 15.9. The van der Waals surface area contributed by atoms with E-state index in [9.17, 15) is 8.42 Å². The highest BCUT2D eigenvalue weighted by Gasteiger charge is 2.72. The molecule has 20 heteroatoms. The largest absolute Gasteiger partial charge is 0.330 e. The van der Waals surface area contributed by atoms with E-state index in [4.69, 9.17) is 21.0 Å². The molecule has 1 atom stereocenters. The maximum Gasteiger partial charge on any atom is 0.330 e. The summed E-state index contributed by atoms with van der Waals surface area (Å²) in [5.74, 6) is 0. The Hall–Kier alpha value is -2.40. The smallest absolute Gasteiger partial charge is 0.215 e. The van der Waals surface area contributed by atoms with Gasteiger partial charge < -0.3 is 0 Å². The zero-order chi connectivity index (χ0) is 46.5. The van der Waals surface area contributed by atoms with E-state index >= 15 is 25.3 Å². The van der Waals surface area contributed by atoms with Gasteiger partial charge in [0.1, 0.15) is 5.25 Å². The summed E-state index contributed by atoms with van der Waals surface area (Å²) in [5.41, 5.74) is 0. The van der Waals surface area contributed by atoms with E-state index in [1.165, 1.54) is 0 Å². The Balaban J connectivity index is 7.32. The van der Waals surface area contributed by atoms with Crippen LogP contribution in [0, 0.1) is 45.3 Å². The summed E-state index contributed by atoms with van der Waals surface area (Å²) in [7, 11) is -21.8. The lowest BCUT2D eigenvalue weighted by molar-refractivity contribution is 0.487. The van der Waals surface area contributed by atoms with Crippen molar-refractivity contribution in [3.8, 4) is 24.3 Å². The van der Waals surface area contributed by atoms with Crippen LogP contribution in [-0.2, 0) is 40.1 Å². The Kier molecular flexibility index (Phi) is 34.5. The second-order valence-electron chi connectivity index (χ2n) is 16.0. The molecule has 0 aromatic heterocycles. The van der Waals surface area contributed by atoms with Crippen LogP contribution in [0.25, 0.3) is 0 Å². The van der Waals surface area contributed by atoms with Gasteiger partial charge in [-0.05, 0) is 57.8 Å². The average molecular weight is 951 g/mol. The zero-order valence-corrected chi connectivity index (χ0v) is 40.8. The van der Waals surface area contributed by atoms with E-state index < -0.39 is 55.2 Å². The molecule has 0 aliphatic heterocycles. The molecule has 0 fully saturated rings. The Morgan fingerprint density at radius 2 is 0.629 bits per heavy atom. The van der Waals surface area contributed by atoms with Crippen LogP contribution >= 0.6 is 0 Å². The summed E-state index contributed by atoms with van der Waals surface area (Å²) >= 11 is 0. The number of nitrogens with one attached hydrogen (secondary N) is 4. The van der Waals surface area contributed by atoms with Gasteiger partial charge in [0.25, 0.3) is 30.1 Å². The highest BCUT2D eigenvalue weighted by atomic mass is 32.3. The minimum atomic E-state index is -5.60. The molecule has 358 valence electrons. The predicted octanol–water partition coefficient (Wildman–Crippen LogP) is 7.89. The van der Waals surface area contributed by atoms with Gasteiger partial charge in [0.2, 0.25) is 10.0 Å². The third-order valence-corrected chi connectivity index (χ3v) is 21.9. The first-order valence-electron chi connectivity index (χ1n) is 23.1. The minimum Gasteiger partial charge on any atom is -0.215 e. The molecule has 4 N–H and O–H groups in total. The Morgan fingerprint density at radius 1 is 0.371 bits per heavy atom. The van der Waals surface area contributed by atoms with Crippen LogP contribution in [0.1, 0.15) is 206 Å². The second kappa shape index (κ2) is 35.9. The number of sulfonamides is 4. The first-order valence-corrected chi connectivity index (χ1v) is 29.1. The van der Waals surface area contributed by atoms with Gasteiger partial charge in [-0.2, -0.15) is 21.0 Å². The molecule has 0 aliphatic carbocycles. The van der Waals surface area contributed by atoms with E-state index in [0.29, 0.717) is 141 Å². The van der Waals surface area contributed by atoms with Crippen molar-refractivity contribution in [3.63, 3.8) is 0 Å². The van der Waals surface area contributed by atoms with Gasteiger partial charge in [-0.15, -0.1) is 0 Å². The SMILES string of the molecule is CCCCCCCCC(C(S(=O)(=O)NCCCCCCCC#N)(S(=O)(=O)NCCCCCCCC#N)S(=O)(=O)NCCCCCCCC#N)S(=O)(=O)NCCCCCCCC#N. The second-order valence-corrected chi connectivity index (χ2v) is 24.5. The fourth-order valence-corrected chi connectivity index (χ4v) is 18.8. The predicted molar refractivity (Wildman–Crippen MR) is 245 cm³/mol. The number of hydrogen-bond donors (Lipinski definition) is 4. The molecule has 0 saturated carbocycles. The van der Waals surface area contributed by atoms with Crippen molar-refractivity contribution >= 4 is 40.1 Å². The normalized spacial score (nSPS) is 12.9. The topological polar surface area (TPSA) is 280 Å². The van der Waals surface area contributed by atoms with Crippen molar-refractivity contribution in [1.29, 1.82) is 21.0 Å². The highest BCUT2D eigenvalue weighted by molar-refractivity contribution is 8.25. The molecule has 0 saturated heterocycles. The van der Waals surface area contributed by atoms with E-state index in [1.807, 2.05) is 6.92 Å². The van der Waals surface area contributed by atoms with Gasteiger partial charge >= 0.3 is 3.41 Å². The van der Waals surface area contributed by atoms with Crippen LogP contribution in [0.2, 0.25) is 0 Å². The van der Waals surface area contributed by atoms with Crippen molar-refractivity contribution in [2.45, 2.75) is 215 Å². The van der Waals surface area contributed by atoms with Crippen LogP contribution in [-0.4, -0.2) is 68.5 Å². The van der Waals surface area contributed by atoms with Gasteiger partial charge in [0.15, 0.2) is 0 Å². The molecule has 0 spiro atoms. The van der Waals surface area contributed by atoms with Crippen molar-refractivity contribution in [3.05, 3.63) is 0 Å². The molecule has 1 unspecified atom stereocenters. The van der Waals surface area contributed by atoms with Gasteiger partial charge in [-0.1, -0.05) is 122 Å². The van der Waals surface area contributed by atoms with Gasteiger partial charge in [0.05, 0.1) is 24.3 Å². The molecule has 62 heavy (non-hydrogen) atoms. The molecule has 0 aromatic rings. The summed E-state index contributed by atoms with van der Waals surface area (Å²) in [6.45, 7) is 0.813. The van der Waals surface area contributed by atoms with E-state index in [2.05, 4.69) is 43.2 Å². The highest BCUT2D eigenvalue weighted by Crippen LogP contribution is 2.40. The van der Waals surface area contributed by atoms with Crippen molar-refractivity contribution < 1.29 is 33.7 Å². The monoisotopic (exact) mass is 950 g/mol. The zero-order valence-electron chi connectivity index (χ0n) is 37.5. The number of unbranched alkanes of at least 4 members (excludes halogenated alkanes) is 25. The lowest BCUT2D eigenvalue weighted by Crippen LogP contribution is -2.71. The Labute approximate surface area is 377 Å². The molecular weight excluding hydrogens is 873 g/mol. The quantitative estimate of drug-likeness (QED) is 0.0424. The number of nitriles is 4. The summed E-state index contributed by atoms with van der Waals surface area (Å²) in [6, 6.07) is 8.30. The van der Waals surface area contributed by atoms with Gasteiger partial charge in [0, 0.05) is 51.9 Å². The minimum absolute atomic E-state index is 0.0462. The molecule has 0 aliphatic rings. The molecule has 0 aromatic carbocycles. The van der Waals surface area contributed by atoms with Crippen LogP contribution in [0.5, 0.6) is 0 Å². The fourth-order valence-electron chi connectivity index (χ4n) is 7.26. The maximum absolute atomic E-state index is 15.0. The fraction of sp³-hybridized carbons (Fsp3) is 0.905. The molecule has 0 radical (unpaired) electrons. The first-order chi connectivity index (χ1) is 29.7. The van der Waals surface area contributed by atoms with Crippen LogP contribution in [0.3, 0.4) is 0 Å². The Morgan fingerprint density at radius 3 is 0.935 bits per heavy atom. The number of hydrogen-bond acceptors (Lipinski definition) is 12. The molecule has 0 amide bonds. The summed E-state index contributed by atoms with van der Waals surface area (Å²) in [5, 5.41) is 32.9. The van der Waals surface area contributed by atoms with Crippen molar-refractivity contribution in [2.75, 3.05) is 26.2 Å². The number of rotatable bonds is 44. The first kappa shape index (κ1) is 59.6. The van der Waals surface area contributed by atoms with Crippen LogP contribution in [0.4, 0.5) is 0 Å². The van der Waals surface area contributed by atoms with Gasteiger partial charge in [-0.25, -0.2) is 52.6 Å². The average Bonchev–Trinajstić information content (AvgIpc) is 3.22. The summed E-state index contributed by atoms with van der Waals surface area (Å²) < 4.78 is 125. The molecule has 0 bridgehead atoms. The third kappa shape index (κ3) is 23.5. The lowest BCUT2D eigenvalue weighted by atomic mass is 10.1. The van der Waals surface area contributed by atoms with Crippen molar-refractivity contribution in [1.82, 2.24) is 18.9 Å². The molecule has 0 rings (SSSR count). The molecular formula is C42H78N8O8S4. The summed E-state index contributed by atoms with van der Waals surface area (Å²) in [4.78, 5) is 0. The standard InChI is InChI=1S/C42H78N8O8S4/c1-2-3-4-5-14-23-32-41(59(51,52)47-37-28-19-10-6-15-24-33-43)42(60(53,54)48-38-29-20-11-7-16-25-34-44,61(55,56)49-39-30-21-12-8-17-26-35-45)62(57,58)50-40-31-22-13-9-18-27-36-46/h41,47-50H,2-32,37-40H2,1H3. The van der Waals surface area contributed by atoms with Crippen molar-refractivity contribution in [2.24, 2.45) is 0 Å². The Bertz CT molecular complexity index is 1660. The third-order valence-electron chi connectivity index (χ3n) is 10.8. The van der Waals surface area contributed by atoms with E-state index in [0.717, 1.165) is 25.7 Å². The number of nitrogens with zero attached hydrogens (tertiary/aromatic N) is 4. The molecule has 0 heterocycles. The van der Waals surface area contributed by atoms with E-state index in [1.54, 1.807) is 0 Å².